The summed E-state index contributed by atoms with van der Waals surface area (Å²) < 4.78 is 12.1. The molecule has 2 aromatic rings. The van der Waals surface area contributed by atoms with Gasteiger partial charge in [-0.15, -0.1) is 0 Å². The highest BCUT2D eigenvalue weighted by molar-refractivity contribution is 6.32. The van der Waals surface area contributed by atoms with E-state index in [1.54, 1.807) is 36.5 Å². The molecule has 6 atom stereocenters. The Morgan fingerprint density at radius 1 is 1.18 bits per heavy atom. The van der Waals surface area contributed by atoms with Gasteiger partial charge in [0.05, 0.1) is 13.2 Å². The number of ether oxygens (including phenoxy) is 2. The number of ketones is 2. The summed E-state index contributed by atoms with van der Waals surface area (Å²) in [6, 6.07) is 10.4. The highest BCUT2D eigenvalue weighted by Gasteiger charge is 2.85. The van der Waals surface area contributed by atoms with E-state index >= 15 is 0 Å². The first-order valence-electron chi connectivity index (χ1n) is 16.2. The van der Waals surface area contributed by atoms with Gasteiger partial charge < -0.3 is 25.6 Å². The molecule has 4 aliphatic rings. The topological polar surface area (TPSA) is 144 Å². The molecule has 9 heteroatoms. The maximum Gasteiger partial charge on any atom is 0.350 e. The first kappa shape index (κ1) is 31.3. The fraction of sp³-hybridized carbons (Fsp3) is 0.500. The van der Waals surface area contributed by atoms with E-state index in [4.69, 9.17) is 15.2 Å². The number of carbonyl (C=O) groups is 3. The SMILES string of the molecule is CCNC1CC2C=CCCC2CC1COC(=O)C12OC1(CC(CO)=C(C)CCc1ccnc(N)c1)C(=O)c1ccccc1C2=O. The second-order valence-electron chi connectivity index (χ2n) is 13.0. The molecule has 238 valence electrons. The number of fused-ring (bicyclic) bond motifs is 3. The molecule has 2 heterocycles. The fourth-order valence-corrected chi connectivity index (χ4v) is 7.83. The number of nitrogens with zero attached hydrogens (tertiary/aromatic N) is 1. The Labute approximate surface area is 264 Å². The molecular formula is C36H43N3O6. The number of aliphatic hydroxyl groups is 1. The number of rotatable bonds is 11. The smallest absolute Gasteiger partial charge is 0.350 e. The number of aryl methyl sites for hydroxylation is 1. The zero-order valence-electron chi connectivity index (χ0n) is 26.1. The Kier molecular flexibility index (Phi) is 8.78. The van der Waals surface area contributed by atoms with E-state index in [0.29, 0.717) is 36.1 Å². The minimum atomic E-state index is -2.07. The molecule has 1 aliphatic heterocycles. The number of hydrogen-bond acceptors (Lipinski definition) is 9. The number of pyridine rings is 1. The summed E-state index contributed by atoms with van der Waals surface area (Å²) in [5.41, 5.74) is 4.79. The lowest BCUT2D eigenvalue weighted by molar-refractivity contribution is -0.150. The van der Waals surface area contributed by atoms with Crippen molar-refractivity contribution in [1.82, 2.24) is 10.3 Å². The Hall–Kier alpha value is -3.66. The minimum absolute atomic E-state index is 0.0820. The van der Waals surface area contributed by atoms with Crippen LogP contribution >= 0.6 is 0 Å². The Bertz CT molecular complexity index is 1550. The minimum Gasteiger partial charge on any atom is -0.463 e. The van der Waals surface area contributed by atoms with Crippen molar-refractivity contribution in [2.75, 3.05) is 25.5 Å². The maximum absolute atomic E-state index is 14.1. The number of anilines is 1. The second kappa shape index (κ2) is 12.6. The summed E-state index contributed by atoms with van der Waals surface area (Å²) in [7, 11) is 0. The van der Waals surface area contributed by atoms with Crippen LogP contribution in [0.1, 0.15) is 78.7 Å². The van der Waals surface area contributed by atoms with Crippen molar-refractivity contribution in [1.29, 1.82) is 0 Å². The van der Waals surface area contributed by atoms with E-state index in [1.165, 1.54) is 0 Å². The number of epoxide rings is 1. The number of esters is 1. The van der Waals surface area contributed by atoms with E-state index in [0.717, 1.165) is 43.4 Å². The molecule has 3 aliphatic carbocycles. The standard InChI is InChI=1S/C36H43N3O6/c1-3-38-30-18-25-9-5-4-8-24(25)17-26(30)21-44-34(43)36-33(42)29-11-7-6-10-28(29)32(41)35(36,45-36)19-27(20-40)22(2)12-13-23-14-15-39-31(37)16-23/h5-7,9-11,14-16,24-26,30,38,40H,3-4,8,12-13,17-21H2,1-2H3,(H2,37,39). The van der Waals surface area contributed by atoms with Gasteiger partial charge in [0.2, 0.25) is 5.78 Å². The fourth-order valence-electron chi connectivity index (χ4n) is 7.83. The number of aromatic nitrogens is 1. The van der Waals surface area contributed by atoms with Gasteiger partial charge in [0, 0.05) is 35.7 Å². The molecule has 6 rings (SSSR count). The van der Waals surface area contributed by atoms with Crippen molar-refractivity contribution < 1.29 is 29.0 Å². The van der Waals surface area contributed by atoms with E-state index in [9.17, 15) is 19.5 Å². The zero-order valence-corrected chi connectivity index (χ0v) is 26.1. The molecule has 0 amide bonds. The van der Waals surface area contributed by atoms with Gasteiger partial charge in [0.1, 0.15) is 5.82 Å². The molecule has 2 fully saturated rings. The van der Waals surface area contributed by atoms with Crippen molar-refractivity contribution in [3.05, 3.63) is 82.6 Å². The highest BCUT2D eigenvalue weighted by Crippen LogP contribution is 2.59. The van der Waals surface area contributed by atoms with E-state index in [1.807, 2.05) is 13.0 Å². The third-order valence-electron chi connectivity index (χ3n) is 10.4. The molecule has 9 nitrogen and oxygen atoms in total. The molecule has 0 spiro atoms. The molecule has 1 saturated carbocycles. The van der Waals surface area contributed by atoms with Gasteiger partial charge in [-0.3, -0.25) is 9.59 Å². The normalized spacial score (nSPS) is 30.6. The summed E-state index contributed by atoms with van der Waals surface area (Å²) in [5.74, 6) is -0.245. The lowest BCUT2D eigenvalue weighted by Crippen LogP contribution is -2.52. The lowest BCUT2D eigenvalue weighted by Gasteiger charge is -2.42. The van der Waals surface area contributed by atoms with E-state index in [2.05, 4.69) is 29.4 Å². The predicted molar refractivity (Wildman–Crippen MR) is 170 cm³/mol. The van der Waals surface area contributed by atoms with Gasteiger partial charge in [-0.2, -0.15) is 0 Å². The number of nitrogen functional groups attached to an aromatic ring is 1. The van der Waals surface area contributed by atoms with Gasteiger partial charge in [-0.1, -0.05) is 48.9 Å². The number of hydrogen-bond donors (Lipinski definition) is 3. The Balaban J connectivity index is 1.25. The Morgan fingerprint density at radius 3 is 2.69 bits per heavy atom. The van der Waals surface area contributed by atoms with Crippen LogP contribution in [0.2, 0.25) is 0 Å². The van der Waals surface area contributed by atoms with Crippen molar-refractivity contribution in [3.63, 3.8) is 0 Å². The first-order chi connectivity index (χ1) is 21.7. The zero-order chi connectivity index (χ0) is 31.8. The second-order valence-corrected chi connectivity index (χ2v) is 13.0. The van der Waals surface area contributed by atoms with Gasteiger partial charge in [0.15, 0.2) is 11.4 Å². The monoisotopic (exact) mass is 613 g/mol. The van der Waals surface area contributed by atoms with Crippen LogP contribution in [-0.4, -0.2) is 64.6 Å². The summed E-state index contributed by atoms with van der Waals surface area (Å²) in [5, 5.41) is 14.0. The predicted octanol–water partition coefficient (Wildman–Crippen LogP) is 4.40. The largest absolute Gasteiger partial charge is 0.463 e. The lowest BCUT2D eigenvalue weighted by atomic mass is 9.68. The number of Topliss-reactive ketones (excluding diaryl/α,β-unsaturated/α-hetero) is 2. The van der Waals surface area contributed by atoms with Crippen molar-refractivity contribution >= 4 is 23.4 Å². The highest BCUT2D eigenvalue weighted by atomic mass is 16.7. The van der Waals surface area contributed by atoms with Gasteiger partial charge >= 0.3 is 5.97 Å². The number of allylic oxidation sites excluding steroid dienone is 3. The average molecular weight is 614 g/mol. The summed E-state index contributed by atoms with van der Waals surface area (Å²) in [6.07, 6.45) is 11.5. The number of carbonyl (C=O) groups excluding carboxylic acids is 3. The molecule has 6 unspecified atom stereocenters. The number of benzene rings is 1. The average Bonchev–Trinajstić information content (AvgIpc) is 3.75. The van der Waals surface area contributed by atoms with Crippen LogP contribution < -0.4 is 11.1 Å². The molecular weight excluding hydrogens is 570 g/mol. The van der Waals surface area contributed by atoms with Crippen LogP contribution in [0, 0.1) is 17.8 Å². The number of nitrogens with two attached hydrogens (primary N) is 1. The summed E-state index contributed by atoms with van der Waals surface area (Å²) >= 11 is 0. The van der Waals surface area contributed by atoms with Crippen LogP contribution in [0.15, 0.2) is 65.9 Å². The molecule has 45 heavy (non-hydrogen) atoms. The van der Waals surface area contributed by atoms with Crippen molar-refractivity contribution in [3.8, 4) is 0 Å². The van der Waals surface area contributed by atoms with Gasteiger partial charge in [0.25, 0.3) is 5.60 Å². The molecule has 4 N–H and O–H groups in total. The molecule has 1 aromatic carbocycles. The quantitative estimate of drug-likeness (QED) is 0.145. The van der Waals surface area contributed by atoms with Crippen LogP contribution in [0.5, 0.6) is 0 Å². The van der Waals surface area contributed by atoms with Crippen LogP contribution in [0.25, 0.3) is 0 Å². The molecule has 1 saturated heterocycles. The van der Waals surface area contributed by atoms with E-state index < -0.39 is 28.7 Å². The molecule has 0 radical (unpaired) electrons. The van der Waals surface area contributed by atoms with Crippen LogP contribution in [0.4, 0.5) is 5.82 Å². The summed E-state index contributed by atoms with van der Waals surface area (Å²) in [6.45, 7) is 4.57. The maximum atomic E-state index is 14.1. The van der Waals surface area contributed by atoms with Crippen molar-refractivity contribution in [2.24, 2.45) is 17.8 Å². The van der Waals surface area contributed by atoms with Gasteiger partial charge in [-0.25, -0.2) is 9.78 Å². The van der Waals surface area contributed by atoms with Crippen LogP contribution in [0.3, 0.4) is 0 Å². The van der Waals surface area contributed by atoms with Gasteiger partial charge in [-0.05, 0) is 87.1 Å². The number of aliphatic hydroxyl groups excluding tert-OH is 1. The molecule has 1 aromatic heterocycles. The van der Waals surface area contributed by atoms with Crippen molar-refractivity contribution in [2.45, 2.75) is 76.0 Å². The first-order valence-corrected chi connectivity index (χ1v) is 16.2. The van der Waals surface area contributed by atoms with E-state index in [-0.39, 0.29) is 42.7 Å². The third-order valence-corrected chi connectivity index (χ3v) is 10.4. The summed E-state index contributed by atoms with van der Waals surface area (Å²) in [4.78, 5) is 46.3. The number of nitrogens with one attached hydrogen (secondary N) is 1. The third kappa shape index (κ3) is 5.55. The molecule has 0 bridgehead atoms. The Morgan fingerprint density at radius 2 is 1.96 bits per heavy atom. The van der Waals surface area contributed by atoms with Crippen LogP contribution in [-0.2, 0) is 20.7 Å².